The van der Waals surface area contributed by atoms with Crippen LogP contribution in [0.4, 0.5) is 5.82 Å². The fourth-order valence-corrected chi connectivity index (χ4v) is 1.73. The van der Waals surface area contributed by atoms with Gasteiger partial charge in [-0.25, -0.2) is 4.98 Å². The van der Waals surface area contributed by atoms with Gasteiger partial charge in [-0.1, -0.05) is 13.0 Å². The van der Waals surface area contributed by atoms with Crippen LogP contribution in [-0.2, 0) is 0 Å². The fraction of sp³-hybridized carbons (Fsp3) is 0.545. The number of hydrogen-bond donors (Lipinski definition) is 1. The van der Waals surface area contributed by atoms with Crippen LogP contribution in [0, 0.1) is 5.41 Å². The van der Waals surface area contributed by atoms with E-state index in [4.69, 9.17) is 0 Å². The van der Waals surface area contributed by atoms with Crippen LogP contribution < -0.4 is 5.32 Å². The van der Waals surface area contributed by atoms with Crippen molar-refractivity contribution in [1.82, 2.24) is 4.98 Å². The minimum absolute atomic E-state index is 0.539. The van der Waals surface area contributed by atoms with Gasteiger partial charge in [0.15, 0.2) is 0 Å². The van der Waals surface area contributed by atoms with Gasteiger partial charge >= 0.3 is 0 Å². The number of thioether (sulfide) groups is 1. The molecule has 2 nitrogen and oxygen atoms in total. The van der Waals surface area contributed by atoms with Gasteiger partial charge in [0, 0.05) is 6.54 Å². The van der Waals surface area contributed by atoms with E-state index in [0.717, 1.165) is 17.4 Å². The fourth-order valence-electron chi connectivity index (χ4n) is 1.32. The molecular weight excluding hydrogens is 192 g/mol. The highest BCUT2D eigenvalue weighted by atomic mass is 32.2. The van der Waals surface area contributed by atoms with Gasteiger partial charge in [0.1, 0.15) is 5.82 Å². The molecule has 1 N–H and O–H groups in total. The van der Waals surface area contributed by atoms with Crippen molar-refractivity contribution >= 4 is 17.6 Å². The molecule has 3 heteroatoms. The summed E-state index contributed by atoms with van der Waals surface area (Å²) >= 11 is 1.68. The van der Waals surface area contributed by atoms with E-state index in [9.17, 15) is 0 Å². The topological polar surface area (TPSA) is 24.9 Å². The molecule has 0 unspecified atom stereocenters. The largest absolute Gasteiger partial charge is 0.369 e. The quantitative estimate of drug-likeness (QED) is 0.770. The summed E-state index contributed by atoms with van der Waals surface area (Å²) in [6.45, 7) is 3.37. The number of nitrogens with one attached hydrogen (secondary N) is 1. The highest BCUT2D eigenvalue weighted by Crippen LogP contribution is 2.44. The van der Waals surface area contributed by atoms with Gasteiger partial charge in [-0.05, 0) is 36.6 Å². The summed E-state index contributed by atoms with van der Waals surface area (Å²) in [7, 11) is 0. The van der Waals surface area contributed by atoms with Gasteiger partial charge < -0.3 is 5.32 Å². The number of nitrogens with zero attached hydrogens (tertiary/aromatic N) is 1. The van der Waals surface area contributed by atoms with E-state index in [0.29, 0.717) is 5.41 Å². The lowest BCUT2D eigenvalue weighted by atomic mass is 10.1. The van der Waals surface area contributed by atoms with Crippen molar-refractivity contribution in [2.45, 2.75) is 24.8 Å². The van der Waals surface area contributed by atoms with Crippen LogP contribution in [0.5, 0.6) is 0 Å². The molecule has 76 valence electrons. The Bertz CT molecular complexity index is 321. The van der Waals surface area contributed by atoms with Gasteiger partial charge in [0.2, 0.25) is 0 Å². The Labute approximate surface area is 89.5 Å². The Balaban J connectivity index is 1.94. The first kappa shape index (κ1) is 9.84. The lowest BCUT2D eigenvalue weighted by molar-refractivity contribution is 0.609. The maximum Gasteiger partial charge on any atom is 0.127 e. The molecule has 0 aromatic carbocycles. The molecule has 1 heterocycles. The summed E-state index contributed by atoms with van der Waals surface area (Å²) in [5.41, 5.74) is 0.539. The van der Waals surface area contributed by atoms with Crippen LogP contribution in [0.3, 0.4) is 0 Å². The molecule has 0 radical (unpaired) electrons. The monoisotopic (exact) mass is 208 g/mol. The minimum atomic E-state index is 0.539. The third-order valence-corrected chi connectivity index (χ3v) is 3.38. The van der Waals surface area contributed by atoms with Crippen molar-refractivity contribution in [2.24, 2.45) is 5.41 Å². The average Bonchev–Trinajstić information content (AvgIpc) is 2.95. The Hall–Kier alpha value is -0.700. The van der Waals surface area contributed by atoms with Gasteiger partial charge in [0.25, 0.3) is 0 Å². The molecule has 1 aliphatic carbocycles. The SMILES string of the molecule is CSc1cccc(NCC2(C)CC2)n1. The zero-order valence-electron chi connectivity index (χ0n) is 8.71. The van der Waals surface area contributed by atoms with Gasteiger partial charge in [-0.3, -0.25) is 0 Å². The van der Waals surface area contributed by atoms with Crippen molar-refractivity contribution in [2.75, 3.05) is 18.1 Å². The Morgan fingerprint density at radius 3 is 2.93 bits per heavy atom. The molecule has 1 saturated carbocycles. The number of hydrogen-bond acceptors (Lipinski definition) is 3. The van der Waals surface area contributed by atoms with Crippen molar-refractivity contribution < 1.29 is 0 Å². The number of rotatable bonds is 4. The van der Waals surface area contributed by atoms with Crippen LogP contribution in [0.15, 0.2) is 23.2 Å². The average molecular weight is 208 g/mol. The molecule has 0 atom stereocenters. The standard InChI is InChI=1S/C11H16N2S/c1-11(6-7-11)8-12-9-4-3-5-10(13-9)14-2/h3-5H,6-8H2,1-2H3,(H,12,13). The number of anilines is 1. The zero-order chi connectivity index (χ0) is 10.0. The number of pyridine rings is 1. The smallest absolute Gasteiger partial charge is 0.127 e. The predicted molar refractivity (Wildman–Crippen MR) is 61.8 cm³/mol. The lowest BCUT2D eigenvalue weighted by Crippen LogP contribution is -2.12. The molecule has 1 aliphatic rings. The molecule has 0 bridgehead atoms. The molecule has 0 spiro atoms. The summed E-state index contributed by atoms with van der Waals surface area (Å²) in [6, 6.07) is 6.12. The van der Waals surface area contributed by atoms with Crippen LogP contribution >= 0.6 is 11.8 Å². The second-order valence-corrected chi connectivity index (χ2v) is 5.06. The molecule has 1 aromatic heterocycles. The van der Waals surface area contributed by atoms with E-state index in [1.54, 1.807) is 11.8 Å². The summed E-state index contributed by atoms with van der Waals surface area (Å²) in [6.07, 6.45) is 4.75. The molecule has 1 fully saturated rings. The van der Waals surface area contributed by atoms with E-state index in [-0.39, 0.29) is 0 Å². The molecule has 0 saturated heterocycles. The molecule has 14 heavy (non-hydrogen) atoms. The van der Waals surface area contributed by atoms with E-state index >= 15 is 0 Å². The second-order valence-electron chi connectivity index (χ2n) is 4.23. The third-order valence-electron chi connectivity index (χ3n) is 2.73. The van der Waals surface area contributed by atoms with E-state index in [2.05, 4.69) is 23.3 Å². The summed E-state index contributed by atoms with van der Waals surface area (Å²) in [5, 5.41) is 4.48. The van der Waals surface area contributed by atoms with E-state index in [1.807, 2.05) is 18.4 Å². The zero-order valence-corrected chi connectivity index (χ0v) is 9.53. The normalized spacial score (nSPS) is 17.9. The van der Waals surface area contributed by atoms with Crippen LogP contribution in [0.2, 0.25) is 0 Å². The first-order chi connectivity index (χ1) is 6.72. The molecule has 1 aromatic rings. The Morgan fingerprint density at radius 2 is 2.29 bits per heavy atom. The number of aromatic nitrogens is 1. The van der Waals surface area contributed by atoms with Crippen LogP contribution in [0.25, 0.3) is 0 Å². The highest BCUT2D eigenvalue weighted by Gasteiger charge is 2.36. The van der Waals surface area contributed by atoms with Crippen LogP contribution in [0.1, 0.15) is 19.8 Å². The van der Waals surface area contributed by atoms with E-state index < -0.39 is 0 Å². The van der Waals surface area contributed by atoms with Gasteiger partial charge in [-0.2, -0.15) is 0 Å². The summed E-state index contributed by atoms with van der Waals surface area (Å²) in [4.78, 5) is 4.47. The Morgan fingerprint density at radius 1 is 1.50 bits per heavy atom. The first-order valence-electron chi connectivity index (χ1n) is 4.97. The lowest BCUT2D eigenvalue weighted by Gasteiger charge is -2.10. The third kappa shape index (κ3) is 2.41. The molecule has 2 rings (SSSR count). The molecule has 0 amide bonds. The van der Waals surface area contributed by atoms with Gasteiger partial charge in [-0.15, -0.1) is 11.8 Å². The summed E-state index contributed by atoms with van der Waals surface area (Å²) in [5.74, 6) is 1.00. The maximum absolute atomic E-state index is 4.47. The second kappa shape index (κ2) is 3.81. The predicted octanol–water partition coefficient (Wildman–Crippen LogP) is 3.02. The van der Waals surface area contributed by atoms with Crippen molar-refractivity contribution in [3.05, 3.63) is 18.2 Å². The maximum atomic E-state index is 4.47. The summed E-state index contributed by atoms with van der Waals surface area (Å²) < 4.78 is 0. The van der Waals surface area contributed by atoms with Crippen molar-refractivity contribution in [1.29, 1.82) is 0 Å². The Kier molecular flexibility index (Phi) is 2.68. The first-order valence-corrected chi connectivity index (χ1v) is 6.19. The van der Waals surface area contributed by atoms with Gasteiger partial charge in [0.05, 0.1) is 5.03 Å². The highest BCUT2D eigenvalue weighted by molar-refractivity contribution is 7.98. The van der Waals surface area contributed by atoms with Crippen molar-refractivity contribution in [3.63, 3.8) is 0 Å². The molecule has 0 aliphatic heterocycles. The molecular formula is C11H16N2S. The van der Waals surface area contributed by atoms with E-state index in [1.165, 1.54) is 12.8 Å². The minimum Gasteiger partial charge on any atom is -0.369 e. The van der Waals surface area contributed by atoms with Crippen LogP contribution in [-0.4, -0.2) is 17.8 Å². The van der Waals surface area contributed by atoms with Crippen molar-refractivity contribution in [3.8, 4) is 0 Å².